The highest BCUT2D eigenvalue weighted by Crippen LogP contribution is 2.47. The lowest BCUT2D eigenvalue weighted by Gasteiger charge is -2.36. The van der Waals surface area contributed by atoms with Crippen molar-refractivity contribution < 1.29 is 9.59 Å². The van der Waals surface area contributed by atoms with E-state index in [0.29, 0.717) is 24.8 Å². The summed E-state index contributed by atoms with van der Waals surface area (Å²) in [5.74, 6) is 1.34. The normalized spacial score (nSPS) is 20.8. The van der Waals surface area contributed by atoms with Crippen molar-refractivity contribution in [2.24, 2.45) is 11.8 Å². The maximum absolute atomic E-state index is 12.6. The smallest absolute Gasteiger partial charge is 0.224 e. The number of halogens is 1. The molecule has 2 aromatic rings. The Balaban J connectivity index is 1.07. The van der Waals surface area contributed by atoms with E-state index in [1.54, 1.807) is 0 Å². The summed E-state index contributed by atoms with van der Waals surface area (Å²) in [6, 6.07) is 6.11. The molecule has 2 heterocycles. The summed E-state index contributed by atoms with van der Waals surface area (Å²) < 4.78 is 0. The Morgan fingerprint density at radius 1 is 1.15 bits per heavy atom. The van der Waals surface area contributed by atoms with Crippen molar-refractivity contribution in [3.63, 3.8) is 0 Å². The van der Waals surface area contributed by atoms with Crippen LogP contribution < -0.4 is 10.6 Å². The first kappa shape index (κ1) is 28.9. The van der Waals surface area contributed by atoms with Crippen LogP contribution in [0.5, 0.6) is 0 Å². The van der Waals surface area contributed by atoms with E-state index in [1.807, 2.05) is 24.0 Å². The van der Waals surface area contributed by atoms with Crippen molar-refractivity contribution in [1.82, 2.24) is 15.2 Å². The number of carbonyl (C=O) groups is 2. The minimum atomic E-state index is -0.0985. The predicted molar refractivity (Wildman–Crippen MR) is 164 cm³/mol. The van der Waals surface area contributed by atoms with Crippen LogP contribution in [0.3, 0.4) is 0 Å². The van der Waals surface area contributed by atoms with Gasteiger partial charge in [-0.15, -0.1) is 0 Å². The Morgan fingerprint density at radius 3 is 2.73 bits per heavy atom. The fraction of sp³-hybridized carbons (Fsp3) is 0.606. The third-order valence-electron chi connectivity index (χ3n) is 9.03. The lowest BCUT2D eigenvalue weighted by atomic mass is 9.71. The monoisotopic (exact) mass is 564 g/mol. The van der Waals surface area contributed by atoms with Crippen molar-refractivity contribution in [2.45, 2.75) is 90.4 Å². The Hall–Kier alpha value is -2.60. The van der Waals surface area contributed by atoms with Crippen LogP contribution in [-0.2, 0) is 16.0 Å². The fourth-order valence-corrected chi connectivity index (χ4v) is 7.15. The molecule has 1 aromatic carbocycles. The number of unbranched alkanes of at least 4 members (excludes halogenated alkanes) is 4. The van der Waals surface area contributed by atoms with Gasteiger partial charge in [-0.2, -0.15) is 0 Å². The van der Waals surface area contributed by atoms with Gasteiger partial charge in [-0.3, -0.25) is 14.6 Å². The van der Waals surface area contributed by atoms with E-state index in [9.17, 15) is 9.59 Å². The molecule has 1 fully saturated rings. The fourth-order valence-electron chi connectivity index (χ4n) is 6.99. The number of hydrogen-bond acceptors (Lipinski definition) is 4. The zero-order valence-corrected chi connectivity index (χ0v) is 25.0. The number of hydrogen-bond donors (Lipinski definition) is 2. The lowest BCUT2D eigenvalue weighted by molar-refractivity contribution is -0.130. The van der Waals surface area contributed by atoms with E-state index in [-0.39, 0.29) is 17.7 Å². The van der Waals surface area contributed by atoms with Crippen molar-refractivity contribution >= 4 is 40.0 Å². The van der Waals surface area contributed by atoms with E-state index in [1.165, 1.54) is 40.7 Å². The predicted octanol–water partition coefficient (Wildman–Crippen LogP) is 7.01. The Morgan fingerprint density at radius 2 is 1.95 bits per heavy atom. The highest BCUT2D eigenvalue weighted by molar-refractivity contribution is 6.31. The molecule has 2 N–H and O–H groups in total. The van der Waals surface area contributed by atoms with Gasteiger partial charge in [0.2, 0.25) is 11.8 Å². The third-order valence-corrected chi connectivity index (χ3v) is 9.27. The van der Waals surface area contributed by atoms with Crippen LogP contribution in [-0.4, -0.2) is 47.9 Å². The number of aromatic nitrogens is 1. The Kier molecular flexibility index (Phi) is 9.67. The van der Waals surface area contributed by atoms with E-state index < -0.39 is 0 Å². The molecule has 1 saturated heterocycles. The first-order valence-electron chi connectivity index (χ1n) is 15.5. The first-order chi connectivity index (χ1) is 19.4. The number of pyridine rings is 1. The molecule has 0 saturated carbocycles. The maximum atomic E-state index is 12.6. The van der Waals surface area contributed by atoms with Crippen molar-refractivity contribution in [3.8, 4) is 0 Å². The SMILES string of the molecule is CC[C@@H](CN1CCCC1=O)C(=O)NCCCCCCCNc1c2c(nc3cc(Cl)ccc13)C[C@H]1C=C(C)C[C@@H]2C1. The number of carbonyl (C=O) groups excluding carboxylic acids is 2. The largest absolute Gasteiger partial charge is 0.384 e. The van der Waals surface area contributed by atoms with E-state index >= 15 is 0 Å². The van der Waals surface area contributed by atoms with E-state index in [2.05, 4.69) is 29.7 Å². The van der Waals surface area contributed by atoms with Gasteiger partial charge in [0.15, 0.2) is 0 Å². The number of rotatable bonds is 13. The number of allylic oxidation sites excluding steroid dienone is 2. The second-order valence-corrected chi connectivity index (χ2v) is 12.6. The highest BCUT2D eigenvalue weighted by Gasteiger charge is 2.33. The number of likely N-dealkylation sites (tertiary alicyclic amines) is 1. The molecule has 40 heavy (non-hydrogen) atoms. The summed E-state index contributed by atoms with van der Waals surface area (Å²) in [7, 11) is 0. The average Bonchev–Trinajstić information content (AvgIpc) is 3.33. The Labute approximate surface area is 244 Å². The molecule has 2 amide bonds. The van der Waals surface area contributed by atoms with Gasteiger partial charge in [0.05, 0.1) is 11.4 Å². The molecule has 0 radical (unpaired) electrons. The number of anilines is 1. The van der Waals surface area contributed by atoms with Crippen LogP contribution in [0, 0.1) is 11.8 Å². The maximum Gasteiger partial charge on any atom is 0.224 e. The van der Waals surface area contributed by atoms with Gasteiger partial charge in [-0.25, -0.2) is 0 Å². The summed E-state index contributed by atoms with van der Waals surface area (Å²) in [5.41, 5.74) is 6.47. The third kappa shape index (κ3) is 6.82. The molecule has 6 nitrogen and oxygen atoms in total. The summed E-state index contributed by atoms with van der Waals surface area (Å²) >= 11 is 6.34. The van der Waals surface area contributed by atoms with E-state index in [0.717, 1.165) is 81.5 Å². The molecule has 0 spiro atoms. The van der Waals surface area contributed by atoms with Crippen LogP contribution >= 0.6 is 11.6 Å². The van der Waals surface area contributed by atoms with Crippen LogP contribution in [0.2, 0.25) is 5.02 Å². The molecule has 1 aromatic heterocycles. The van der Waals surface area contributed by atoms with Crippen LogP contribution in [0.4, 0.5) is 5.69 Å². The second kappa shape index (κ2) is 13.4. The topological polar surface area (TPSA) is 74.3 Å². The van der Waals surface area contributed by atoms with Gasteiger partial charge in [0.25, 0.3) is 0 Å². The lowest BCUT2D eigenvalue weighted by Crippen LogP contribution is -2.39. The molecule has 7 heteroatoms. The van der Waals surface area contributed by atoms with Crippen LogP contribution in [0.15, 0.2) is 29.8 Å². The molecule has 0 unspecified atom stereocenters. The minimum absolute atomic E-state index is 0.0931. The van der Waals surface area contributed by atoms with Crippen molar-refractivity contribution in [1.29, 1.82) is 0 Å². The average molecular weight is 565 g/mol. The number of amides is 2. The van der Waals surface area contributed by atoms with Crippen molar-refractivity contribution in [2.75, 3.05) is 31.5 Å². The van der Waals surface area contributed by atoms with Gasteiger partial charge >= 0.3 is 0 Å². The van der Waals surface area contributed by atoms with Crippen LogP contribution in [0.1, 0.15) is 95.2 Å². The van der Waals surface area contributed by atoms with Gasteiger partial charge in [0.1, 0.15) is 0 Å². The minimum Gasteiger partial charge on any atom is -0.384 e. The standard InChI is InChI=1S/C33H45ClN4O2/c1-3-24(21-38-15-9-10-30(38)39)33(40)36-14-8-6-4-5-7-13-35-32-27-12-11-26(34)20-28(27)37-29-19-23-16-22(2)17-25(18-23)31(29)32/h11-12,16,20,23-25H,3-10,13-15,17-19,21H2,1-2H3,(H,35,37)(H,36,40)/t23-,24-,25+/m0/s1. The van der Waals surface area contributed by atoms with Crippen LogP contribution in [0.25, 0.3) is 10.9 Å². The number of nitrogens with one attached hydrogen (secondary N) is 2. The summed E-state index contributed by atoms with van der Waals surface area (Å²) in [6.07, 6.45) is 13.7. The molecule has 216 valence electrons. The van der Waals surface area contributed by atoms with Gasteiger partial charge in [0, 0.05) is 60.0 Å². The number of benzene rings is 1. The summed E-state index contributed by atoms with van der Waals surface area (Å²) in [4.78, 5) is 31.4. The molecular formula is C33H45ClN4O2. The molecule has 3 atom stereocenters. The first-order valence-corrected chi connectivity index (χ1v) is 15.9. The van der Waals surface area contributed by atoms with Gasteiger partial charge in [-0.05, 0) is 81.9 Å². The molecule has 1 aliphatic heterocycles. The zero-order valence-electron chi connectivity index (χ0n) is 24.2. The molecule has 2 aliphatic carbocycles. The molecular weight excluding hydrogens is 520 g/mol. The zero-order chi connectivity index (χ0) is 28.1. The summed E-state index contributed by atoms with van der Waals surface area (Å²) in [5, 5.41) is 8.86. The quantitative estimate of drug-likeness (QED) is 0.203. The van der Waals surface area contributed by atoms with E-state index in [4.69, 9.17) is 16.6 Å². The molecule has 3 aliphatic rings. The Bertz CT molecular complexity index is 1260. The second-order valence-electron chi connectivity index (χ2n) is 12.2. The number of nitrogens with zero attached hydrogens (tertiary/aromatic N) is 2. The number of fused-ring (bicyclic) bond motifs is 5. The van der Waals surface area contributed by atoms with Gasteiger partial charge in [-0.1, -0.05) is 49.4 Å². The van der Waals surface area contributed by atoms with Crippen molar-refractivity contribution in [3.05, 3.63) is 46.1 Å². The molecule has 2 bridgehead atoms. The molecule has 5 rings (SSSR count). The summed E-state index contributed by atoms with van der Waals surface area (Å²) in [6.45, 7) is 7.33. The highest BCUT2D eigenvalue weighted by atomic mass is 35.5. The van der Waals surface area contributed by atoms with Gasteiger partial charge < -0.3 is 15.5 Å².